The predicted octanol–water partition coefficient (Wildman–Crippen LogP) is 1.51. The summed E-state index contributed by atoms with van der Waals surface area (Å²) in [5.41, 5.74) is 1.35. The smallest absolute Gasteiger partial charge is 0.408 e. The molecular formula is C14H20N2O3. The standard InChI is InChI=1S/C14H20N2O3/c1-14(2,18)12(15(3)4)9-6-7-11-10(8-9)16(5)13(17)19-11/h6-8,12,18H,1-5H3. The molecule has 1 unspecified atom stereocenters. The van der Waals surface area contributed by atoms with Gasteiger partial charge in [0.1, 0.15) is 0 Å². The van der Waals surface area contributed by atoms with E-state index in [1.807, 2.05) is 31.1 Å². The second kappa shape index (κ2) is 4.51. The summed E-state index contributed by atoms with van der Waals surface area (Å²) in [6.45, 7) is 3.55. The van der Waals surface area contributed by atoms with E-state index in [0.29, 0.717) is 5.58 Å². The van der Waals surface area contributed by atoms with Crippen molar-refractivity contribution in [2.75, 3.05) is 14.1 Å². The Balaban J connectivity index is 2.61. The summed E-state index contributed by atoms with van der Waals surface area (Å²) in [4.78, 5) is 13.4. The van der Waals surface area contributed by atoms with Gasteiger partial charge < -0.3 is 9.52 Å². The molecule has 0 amide bonds. The van der Waals surface area contributed by atoms with Gasteiger partial charge in [-0.15, -0.1) is 0 Å². The van der Waals surface area contributed by atoms with E-state index >= 15 is 0 Å². The molecule has 104 valence electrons. The molecule has 0 radical (unpaired) electrons. The fourth-order valence-electron chi connectivity index (χ4n) is 2.65. The van der Waals surface area contributed by atoms with E-state index in [1.54, 1.807) is 27.0 Å². The highest BCUT2D eigenvalue weighted by atomic mass is 16.4. The molecule has 1 N–H and O–H groups in total. The maximum absolute atomic E-state index is 11.5. The molecule has 1 aromatic heterocycles. The van der Waals surface area contributed by atoms with E-state index in [-0.39, 0.29) is 11.8 Å². The molecule has 19 heavy (non-hydrogen) atoms. The monoisotopic (exact) mass is 264 g/mol. The zero-order valence-corrected chi connectivity index (χ0v) is 12.0. The summed E-state index contributed by atoms with van der Waals surface area (Å²) in [5.74, 6) is -0.378. The van der Waals surface area contributed by atoms with Crippen molar-refractivity contribution in [3.8, 4) is 0 Å². The molecule has 0 fully saturated rings. The number of oxazole rings is 1. The summed E-state index contributed by atoms with van der Waals surface area (Å²) in [6.07, 6.45) is 0. The minimum Gasteiger partial charge on any atom is -0.408 e. The highest BCUT2D eigenvalue weighted by molar-refractivity contribution is 5.73. The van der Waals surface area contributed by atoms with Gasteiger partial charge in [0.2, 0.25) is 0 Å². The van der Waals surface area contributed by atoms with E-state index < -0.39 is 5.60 Å². The third kappa shape index (κ3) is 2.43. The Labute approximate surface area is 112 Å². The number of aliphatic hydroxyl groups is 1. The second-order valence-electron chi connectivity index (χ2n) is 5.67. The summed E-state index contributed by atoms with van der Waals surface area (Å²) in [6, 6.07) is 5.38. The van der Waals surface area contributed by atoms with E-state index in [2.05, 4.69) is 0 Å². The SMILES string of the molecule is CN(C)C(c1ccc2oc(=O)n(C)c2c1)C(C)(C)O. The first-order valence-electron chi connectivity index (χ1n) is 6.20. The fraction of sp³-hybridized carbons (Fsp3) is 0.500. The number of aromatic nitrogens is 1. The predicted molar refractivity (Wildman–Crippen MR) is 74.2 cm³/mol. The number of benzene rings is 1. The maximum atomic E-state index is 11.5. The van der Waals surface area contributed by atoms with Gasteiger partial charge in [-0.25, -0.2) is 4.79 Å². The largest absolute Gasteiger partial charge is 0.419 e. The fourth-order valence-corrected chi connectivity index (χ4v) is 2.65. The van der Waals surface area contributed by atoms with Gasteiger partial charge in [0.05, 0.1) is 17.2 Å². The summed E-state index contributed by atoms with van der Waals surface area (Å²) >= 11 is 0. The number of nitrogens with zero attached hydrogens (tertiary/aromatic N) is 2. The minimum absolute atomic E-state index is 0.165. The zero-order chi connectivity index (χ0) is 14.4. The van der Waals surface area contributed by atoms with Gasteiger partial charge in [-0.2, -0.15) is 0 Å². The highest BCUT2D eigenvalue weighted by Crippen LogP contribution is 2.31. The van der Waals surface area contributed by atoms with Crippen LogP contribution >= 0.6 is 0 Å². The van der Waals surface area contributed by atoms with Gasteiger partial charge in [-0.3, -0.25) is 9.47 Å². The van der Waals surface area contributed by atoms with Crippen LogP contribution in [0.3, 0.4) is 0 Å². The first-order chi connectivity index (χ1) is 8.71. The van der Waals surface area contributed by atoms with Gasteiger partial charge in [0.15, 0.2) is 5.58 Å². The first-order valence-corrected chi connectivity index (χ1v) is 6.20. The van der Waals surface area contributed by atoms with Gasteiger partial charge in [0, 0.05) is 7.05 Å². The quantitative estimate of drug-likeness (QED) is 0.913. The summed E-state index contributed by atoms with van der Waals surface area (Å²) in [5, 5.41) is 10.3. The number of hydrogen-bond donors (Lipinski definition) is 1. The third-order valence-corrected chi connectivity index (χ3v) is 3.32. The van der Waals surface area contributed by atoms with E-state index in [4.69, 9.17) is 4.42 Å². The van der Waals surface area contributed by atoms with Crippen molar-refractivity contribution in [2.24, 2.45) is 7.05 Å². The topological polar surface area (TPSA) is 58.6 Å². The van der Waals surface area contributed by atoms with Crippen LogP contribution in [0.25, 0.3) is 11.1 Å². The molecule has 5 nitrogen and oxygen atoms in total. The van der Waals surface area contributed by atoms with Gasteiger partial charge >= 0.3 is 5.76 Å². The van der Waals surface area contributed by atoms with Gasteiger partial charge in [0.25, 0.3) is 0 Å². The van der Waals surface area contributed by atoms with Crippen molar-refractivity contribution in [2.45, 2.75) is 25.5 Å². The molecule has 1 heterocycles. The molecule has 5 heteroatoms. The Morgan fingerprint density at radius 3 is 2.53 bits per heavy atom. The van der Waals surface area contributed by atoms with Crippen LogP contribution in [0.5, 0.6) is 0 Å². The Kier molecular flexibility index (Phi) is 3.28. The molecule has 0 aliphatic heterocycles. The van der Waals surface area contributed by atoms with Crippen LogP contribution in [0.1, 0.15) is 25.5 Å². The number of fused-ring (bicyclic) bond motifs is 1. The Bertz CT molecular complexity index is 647. The van der Waals surface area contributed by atoms with Crippen LogP contribution < -0.4 is 5.76 Å². The van der Waals surface area contributed by atoms with Crippen LogP contribution in [0.15, 0.2) is 27.4 Å². The molecule has 0 saturated carbocycles. The lowest BCUT2D eigenvalue weighted by atomic mass is 9.91. The lowest BCUT2D eigenvalue weighted by Gasteiger charge is -2.35. The molecule has 2 aromatic rings. The molecule has 0 aliphatic carbocycles. The van der Waals surface area contributed by atoms with Crippen molar-refractivity contribution in [3.05, 3.63) is 34.3 Å². The van der Waals surface area contributed by atoms with E-state index in [1.165, 1.54) is 4.57 Å². The molecule has 0 aliphatic rings. The van der Waals surface area contributed by atoms with Crippen molar-refractivity contribution < 1.29 is 9.52 Å². The Morgan fingerprint density at radius 2 is 2.00 bits per heavy atom. The number of hydrogen-bond acceptors (Lipinski definition) is 4. The number of likely N-dealkylation sites (N-methyl/N-ethyl adjacent to an activating group) is 1. The zero-order valence-electron chi connectivity index (χ0n) is 12.0. The molecule has 0 saturated heterocycles. The van der Waals surface area contributed by atoms with Crippen LogP contribution in [0.2, 0.25) is 0 Å². The third-order valence-electron chi connectivity index (χ3n) is 3.32. The van der Waals surface area contributed by atoms with Crippen molar-refractivity contribution in [3.63, 3.8) is 0 Å². The van der Waals surface area contributed by atoms with E-state index in [0.717, 1.165) is 11.1 Å². The Hall–Kier alpha value is -1.59. The van der Waals surface area contributed by atoms with Crippen LogP contribution in [-0.2, 0) is 7.05 Å². The van der Waals surface area contributed by atoms with Gasteiger partial charge in [-0.1, -0.05) is 6.07 Å². The molecule has 0 bridgehead atoms. The highest BCUT2D eigenvalue weighted by Gasteiger charge is 2.30. The van der Waals surface area contributed by atoms with Crippen molar-refractivity contribution >= 4 is 11.1 Å². The second-order valence-corrected chi connectivity index (χ2v) is 5.67. The average molecular weight is 264 g/mol. The maximum Gasteiger partial charge on any atom is 0.419 e. The van der Waals surface area contributed by atoms with Crippen molar-refractivity contribution in [1.82, 2.24) is 9.47 Å². The molecule has 1 atom stereocenters. The van der Waals surface area contributed by atoms with Gasteiger partial charge in [-0.05, 0) is 45.6 Å². The van der Waals surface area contributed by atoms with Crippen molar-refractivity contribution in [1.29, 1.82) is 0 Å². The lowest BCUT2D eigenvalue weighted by molar-refractivity contribution is -0.00310. The minimum atomic E-state index is -0.889. The average Bonchev–Trinajstić information content (AvgIpc) is 2.53. The number of aryl methyl sites for hydroxylation is 1. The lowest BCUT2D eigenvalue weighted by Crippen LogP contribution is -2.38. The normalized spacial score (nSPS) is 14.3. The summed E-state index contributed by atoms with van der Waals surface area (Å²) in [7, 11) is 5.51. The molecule has 0 spiro atoms. The summed E-state index contributed by atoms with van der Waals surface area (Å²) < 4.78 is 6.58. The molecular weight excluding hydrogens is 244 g/mol. The van der Waals surface area contributed by atoms with Crippen LogP contribution in [0, 0.1) is 0 Å². The first kappa shape index (κ1) is 13.8. The Morgan fingerprint density at radius 1 is 1.37 bits per heavy atom. The molecule has 1 aromatic carbocycles. The molecule has 2 rings (SSSR count). The van der Waals surface area contributed by atoms with E-state index in [9.17, 15) is 9.90 Å². The van der Waals surface area contributed by atoms with Crippen LogP contribution in [-0.4, -0.2) is 34.3 Å². The number of rotatable bonds is 3. The van der Waals surface area contributed by atoms with Crippen LogP contribution in [0.4, 0.5) is 0 Å².